The first-order chi connectivity index (χ1) is 24.1. The molecular formula is C35H44ClN5O9S. The van der Waals surface area contributed by atoms with Gasteiger partial charge >= 0.3 is 6.09 Å². The average molecular weight is 746 g/mol. The highest BCUT2D eigenvalue weighted by molar-refractivity contribution is 7.91. The lowest BCUT2D eigenvalue weighted by Gasteiger charge is -2.32. The number of amides is 4. The summed E-state index contributed by atoms with van der Waals surface area (Å²) in [5.41, 5.74) is -1.55. The largest absolute Gasteiger partial charge is 0.497 e. The fraction of sp³-hybridized carbons (Fsp3) is 0.571. The average Bonchev–Trinajstić information content (AvgIpc) is 3.96. The van der Waals surface area contributed by atoms with Gasteiger partial charge in [0.1, 0.15) is 40.4 Å². The number of benzene rings is 1. The topological polar surface area (TPSA) is 193 Å². The predicted octanol–water partition coefficient (Wildman–Crippen LogP) is 3.77. The number of halogens is 1. The fourth-order valence-electron chi connectivity index (χ4n) is 7.29. The third kappa shape index (κ3) is 7.32. The van der Waals surface area contributed by atoms with Gasteiger partial charge in [-0.15, -0.1) is 0 Å². The first-order valence-electron chi connectivity index (χ1n) is 17.2. The Balaban J connectivity index is 1.35. The van der Waals surface area contributed by atoms with Crippen LogP contribution in [0.5, 0.6) is 11.5 Å². The molecule has 6 rings (SSSR count). The number of hydrogen-bond donors (Lipinski definition) is 4. The molecule has 16 heteroatoms. The van der Waals surface area contributed by atoms with Crippen LogP contribution < -0.4 is 24.8 Å². The summed E-state index contributed by atoms with van der Waals surface area (Å²) in [5.74, 6) is -2.01. The van der Waals surface area contributed by atoms with Crippen molar-refractivity contribution in [1.82, 2.24) is 25.2 Å². The molecule has 2 aliphatic heterocycles. The van der Waals surface area contributed by atoms with Gasteiger partial charge in [-0.05, 0) is 75.5 Å². The Labute approximate surface area is 301 Å². The second-order valence-electron chi connectivity index (χ2n) is 14.7. The van der Waals surface area contributed by atoms with Gasteiger partial charge in [0.25, 0.3) is 5.91 Å². The van der Waals surface area contributed by atoms with E-state index < -0.39 is 74.1 Å². The van der Waals surface area contributed by atoms with E-state index in [-0.39, 0.29) is 30.5 Å². The minimum Gasteiger partial charge on any atom is -0.497 e. The summed E-state index contributed by atoms with van der Waals surface area (Å²) in [6.45, 7) is 5.31. The van der Waals surface area contributed by atoms with Gasteiger partial charge in [-0.2, -0.15) is 0 Å². The number of rotatable bonds is 7. The number of nitrogens with zero attached hydrogens (tertiary/aromatic N) is 2. The van der Waals surface area contributed by atoms with Crippen LogP contribution >= 0.6 is 11.6 Å². The third-order valence-corrected chi connectivity index (χ3v) is 13.3. The van der Waals surface area contributed by atoms with E-state index in [0.717, 1.165) is 6.42 Å². The zero-order valence-corrected chi connectivity index (χ0v) is 30.6. The molecule has 0 spiro atoms. The molecule has 4 N–H and O–H groups in total. The van der Waals surface area contributed by atoms with Gasteiger partial charge in [-0.3, -0.25) is 19.1 Å². The van der Waals surface area contributed by atoms with Crippen LogP contribution in [0, 0.1) is 17.8 Å². The smallest absolute Gasteiger partial charge is 0.405 e. The van der Waals surface area contributed by atoms with Crippen molar-refractivity contribution in [1.29, 1.82) is 0 Å². The van der Waals surface area contributed by atoms with Crippen molar-refractivity contribution >= 4 is 56.2 Å². The van der Waals surface area contributed by atoms with E-state index in [9.17, 15) is 32.7 Å². The van der Waals surface area contributed by atoms with Gasteiger partial charge in [0.2, 0.25) is 21.8 Å². The molecule has 0 radical (unpaired) electrons. The SMILES string of the molecule is COc1ccc2c(Cl)ncc(O[C@@H]3C[C@H]4C(=O)N[C@]5(C(=O)NS(=O)(=O)C6(C)CC6)C[C@H]5C=CCC[C@@H](C)C[C@@H](C)[C@H](NC(=O)O)C(=O)N4C3)c2c1. The number of ether oxygens (including phenoxy) is 2. The minimum absolute atomic E-state index is 0.00912. The highest BCUT2D eigenvalue weighted by Crippen LogP contribution is 2.47. The van der Waals surface area contributed by atoms with Gasteiger partial charge in [0.05, 0.1) is 24.6 Å². The molecule has 7 atom stereocenters. The number of pyridine rings is 1. The number of hydrogen-bond acceptors (Lipinski definition) is 9. The van der Waals surface area contributed by atoms with Crippen molar-refractivity contribution in [3.63, 3.8) is 0 Å². The zero-order valence-electron chi connectivity index (χ0n) is 29.0. The number of carbonyl (C=O) groups excluding carboxylic acids is 3. The van der Waals surface area contributed by atoms with E-state index in [0.29, 0.717) is 48.0 Å². The molecule has 51 heavy (non-hydrogen) atoms. The highest BCUT2D eigenvalue weighted by atomic mass is 35.5. The number of sulfonamides is 1. The van der Waals surface area contributed by atoms with Crippen LogP contribution in [0.4, 0.5) is 4.79 Å². The summed E-state index contributed by atoms with van der Waals surface area (Å²) in [4.78, 5) is 60.0. The second kappa shape index (κ2) is 13.8. The Bertz CT molecular complexity index is 1890. The lowest BCUT2D eigenvalue weighted by Crippen LogP contribution is -2.59. The summed E-state index contributed by atoms with van der Waals surface area (Å²) in [6, 6.07) is 2.86. The normalized spacial score (nSPS) is 30.6. The van der Waals surface area contributed by atoms with Crippen LogP contribution in [0.15, 0.2) is 36.5 Å². The first kappa shape index (κ1) is 36.7. The molecule has 4 amide bonds. The van der Waals surface area contributed by atoms with Crippen molar-refractivity contribution in [2.45, 2.75) is 94.2 Å². The highest BCUT2D eigenvalue weighted by Gasteiger charge is 2.63. The molecular weight excluding hydrogens is 702 g/mol. The van der Waals surface area contributed by atoms with Gasteiger partial charge < -0.3 is 30.1 Å². The number of carbonyl (C=O) groups is 4. The molecule has 276 valence electrons. The van der Waals surface area contributed by atoms with E-state index in [2.05, 4.69) is 20.3 Å². The molecule has 0 unspecified atom stereocenters. The molecule has 1 aromatic carbocycles. The summed E-state index contributed by atoms with van der Waals surface area (Å²) in [5, 5.41) is 16.4. The molecule has 14 nitrogen and oxygen atoms in total. The van der Waals surface area contributed by atoms with Crippen LogP contribution in [0.2, 0.25) is 5.15 Å². The molecule has 3 fully saturated rings. The molecule has 2 saturated carbocycles. The van der Waals surface area contributed by atoms with Crippen molar-refractivity contribution in [3.05, 3.63) is 41.7 Å². The van der Waals surface area contributed by atoms with Crippen LogP contribution in [-0.4, -0.2) is 89.4 Å². The van der Waals surface area contributed by atoms with E-state index >= 15 is 0 Å². The van der Waals surface area contributed by atoms with Gasteiger partial charge in [0, 0.05) is 23.1 Å². The first-order valence-corrected chi connectivity index (χ1v) is 19.1. The maximum absolute atomic E-state index is 14.4. The van der Waals surface area contributed by atoms with Crippen molar-refractivity contribution in [2.75, 3.05) is 13.7 Å². The molecule has 4 aliphatic rings. The Morgan fingerprint density at radius 1 is 1.16 bits per heavy atom. The van der Waals surface area contributed by atoms with Crippen LogP contribution in [0.1, 0.15) is 65.7 Å². The molecule has 1 aromatic heterocycles. The number of fused-ring (bicyclic) bond motifs is 3. The number of aromatic nitrogens is 1. The van der Waals surface area contributed by atoms with Crippen molar-refractivity contribution in [3.8, 4) is 11.5 Å². The molecule has 2 aromatic rings. The summed E-state index contributed by atoms with van der Waals surface area (Å²) in [7, 11) is -2.48. The zero-order chi connectivity index (χ0) is 36.9. The maximum Gasteiger partial charge on any atom is 0.405 e. The fourth-order valence-corrected chi connectivity index (χ4v) is 8.82. The van der Waals surface area contributed by atoms with Crippen LogP contribution in [0.25, 0.3) is 10.8 Å². The number of methoxy groups -OCH3 is 1. The lowest BCUT2D eigenvalue weighted by molar-refractivity contribution is -0.142. The lowest BCUT2D eigenvalue weighted by atomic mass is 9.88. The number of carboxylic acid groups (broad SMARTS) is 1. The maximum atomic E-state index is 14.4. The molecule has 0 bridgehead atoms. The van der Waals surface area contributed by atoms with E-state index in [1.165, 1.54) is 18.2 Å². The van der Waals surface area contributed by atoms with Gasteiger partial charge in [-0.1, -0.05) is 37.6 Å². The summed E-state index contributed by atoms with van der Waals surface area (Å²) < 4.78 is 39.2. The third-order valence-electron chi connectivity index (χ3n) is 10.8. The monoisotopic (exact) mass is 745 g/mol. The predicted molar refractivity (Wildman–Crippen MR) is 188 cm³/mol. The molecule has 3 heterocycles. The Kier molecular flexibility index (Phi) is 9.92. The summed E-state index contributed by atoms with van der Waals surface area (Å²) >= 11 is 6.37. The Morgan fingerprint density at radius 2 is 1.90 bits per heavy atom. The molecule has 2 aliphatic carbocycles. The second-order valence-corrected chi connectivity index (χ2v) is 17.3. The quantitative estimate of drug-likeness (QED) is 0.240. The van der Waals surface area contributed by atoms with E-state index in [1.807, 2.05) is 19.1 Å². The van der Waals surface area contributed by atoms with Crippen LogP contribution in [0.3, 0.4) is 0 Å². The van der Waals surface area contributed by atoms with E-state index in [1.54, 1.807) is 32.0 Å². The van der Waals surface area contributed by atoms with E-state index in [4.69, 9.17) is 21.1 Å². The van der Waals surface area contributed by atoms with Crippen LogP contribution in [-0.2, 0) is 24.4 Å². The van der Waals surface area contributed by atoms with Crippen molar-refractivity contribution in [2.24, 2.45) is 17.8 Å². The number of allylic oxidation sites excluding steroid dienone is 1. The van der Waals surface area contributed by atoms with Crippen molar-refractivity contribution < 1.29 is 42.2 Å². The minimum atomic E-state index is -4.01. The Morgan fingerprint density at radius 3 is 2.59 bits per heavy atom. The standard InChI is InChI=1S/C35H44ClN5O9S/c1-19-7-5-6-8-21-16-35(21,32(44)40-51(47,48)34(3)11-12-34)39-30(42)26-15-23(18-41(26)31(43)28(20(2)13-19)38-33(45)46)50-27-17-37-29(36)24-10-9-22(49-4)14-25(24)27/h6,8-10,14,17,19-21,23,26,28,38H,5,7,11-13,15-16,18H2,1-4H3,(H,39,42)(H,40,44)(H,45,46)/t19-,20-,21-,23-,26+,28+,35-/m1/s1. The van der Waals surface area contributed by atoms with Gasteiger partial charge in [-0.25, -0.2) is 18.2 Å². The Hall–Kier alpha value is -4.11. The summed E-state index contributed by atoms with van der Waals surface area (Å²) in [6.07, 6.45) is 6.00. The van der Waals surface area contributed by atoms with Gasteiger partial charge in [0.15, 0.2) is 0 Å². The number of nitrogens with one attached hydrogen (secondary N) is 3. The molecule has 1 saturated heterocycles.